The molecule has 6 heteroatoms. The van der Waals surface area contributed by atoms with Gasteiger partial charge in [0.15, 0.2) is 11.5 Å². The lowest BCUT2D eigenvalue weighted by Crippen LogP contribution is -2.45. The lowest BCUT2D eigenvalue weighted by atomic mass is 9.82. The third kappa shape index (κ3) is 3.34. The van der Waals surface area contributed by atoms with Crippen molar-refractivity contribution in [3.8, 4) is 11.5 Å². The third-order valence-electron chi connectivity index (χ3n) is 5.20. The lowest BCUT2D eigenvalue weighted by Gasteiger charge is -2.27. The molecule has 134 valence electrons. The predicted octanol–water partition coefficient (Wildman–Crippen LogP) is 0.551. The average Bonchev–Trinajstić information content (AvgIpc) is 3.22. The molecule has 3 rings (SSSR count). The van der Waals surface area contributed by atoms with Crippen LogP contribution in [0.5, 0.6) is 11.5 Å². The highest BCUT2D eigenvalue weighted by molar-refractivity contribution is 5.86. The number of rotatable bonds is 7. The van der Waals surface area contributed by atoms with E-state index >= 15 is 0 Å². The van der Waals surface area contributed by atoms with Crippen molar-refractivity contribution < 1.29 is 24.2 Å². The first kappa shape index (κ1) is 17.3. The molecule has 1 aromatic carbocycles. The molecule has 0 heterocycles. The van der Waals surface area contributed by atoms with Gasteiger partial charge in [-0.05, 0) is 42.4 Å². The molecular weight excluding hydrogens is 322 g/mol. The van der Waals surface area contributed by atoms with Crippen LogP contribution in [0, 0.1) is 23.7 Å². The summed E-state index contributed by atoms with van der Waals surface area (Å²) in [6.45, 7) is 0.436. The fourth-order valence-electron chi connectivity index (χ4n) is 3.99. The lowest BCUT2D eigenvalue weighted by molar-refractivity contribution is -0.313. The molecule has 1 aromatic rings. The number of benzene rings is 1. The number of hydrogen-bond acceptors (Lipinski definition) is 5. The molecule has 4 unspecified atom stereocenters. The Balaban J connectivity index is 1.58. The quantitative estimate of drug-likeness (QED) is 0.730. The van der Waals surface area contributed by atoms with E-state index < -0.39 is 17.8 Å². The maximum atomic E-state index is 12.5. The van der Waals surface area contributed by atoms with Crippen LogP contribution in [0.1, 0.15) is 12.0 Å². The van der Waals surface area contributed by atoms with E-state index in [2.05, 4.69) is 5.32 Å². The first-order chi connectivity index (χ1) is 12.0. The highest BCUT2D eigenvalue weighted by atomic mass is 16.5. The summed E-state index contributed by atoms with van der Waals surface area (Å²) in [5.41, 5.74) is 1.00. The minimum Gasteiger partial charge on any atom is -0.550 e. The Morgan fingerprint density at radius 3 is 2.44 bits per heavy atom. The van der Waals surface area contributed by atoms with Crippen LogP contribution in [0.15, 0.2) is 30.4 Å². The molecule has 2 bridgehead atoms. The molecular formula is C19H22NO5-. The number of carboxylic acids is 1. The van der Waals surface area contributed by atoms with Crippen molar-refractivity contribution in [3.63, 3.8) is 0 Å². The van der Waals surface area contributed by atoms with Crippen molar-refractivity contribution in [2.45, 2.75) is 12.8 Å². The molecule has 6 nitrogen and oxygen atoms in total. The monoisotopic (exact) mass is 344 g/mol. The SMILES string of the molecule is COc1ccc(CCNC(=O)C2C3C=CC(C3)C2C(=O)[O-])cc1OC. The average molecular weight is 344 g/mol. The van der Waals surface area contributed by atoms with Gasteiger partial charge in [-0.1, -0.05) is 18.2 Å². The van der Waals surface area contributed by atoms with Crippen LogP contribution in [0.3, 0.4) is 0 Å². The summed E-state index contributed by atoms with van der Waals surface area (Å²) in [6.07, 6.45) is 5.21. The maximum absolute atomic E-state index is 12.5. The summed E-state index contributed by atoms with van der Waals surface area (Å²) in [4.78, 5) is 23.9. The number of fused-ring (bicyclic) bond motifs is 2. The number of amides is 1. The van der Waals surface area contributed by atoms with Crippen molar-refractivity contribution in [1.82, 2.24) is 5.32 Å². The predicted molar refractivity (Wildman–Crippen MR) is 89.0 cm³/mol. The molecule has 1 N–H and O–H groups in total. The van der Waals surface area contributed by atoms with E-state index in [0.29, 0.717) is 24.5 Å². The molecule has 0 aliphatic heterocycles. The van der Waals surface area contributed by atoms with E-state index in [-0.39, 0.29) is 17.7 Å². The zero-order valence-electron chi connectivity index (χ0n) is 14.4. The van der Waals surface area contributed by atoms with Crippen molar-refractivity contribution in [1.29, 1.82) is 0 Å². The van der Waals surface area contributed by atoms with Crippen LogP contribution in [0.4, 0.5) is 0 Å². The van der Waals surface area contributed by atoms with E-state index in [0.717, 1.165) is 12.0 Å². The number of allylic oxidation sites excluding steroid dienone is 2. The molecule has 1 amide bonds. The first-order valence-electron chi connectivity index (χ1n) is 8.43. The van der Waals surface area contributed by atoms with E-state index in [9.17, 15) is 14.7 Å². The molecule has 25 heavy (non-hydrogen) atoms. The van der Waals surface area contributed by atoms with Gasteiger partial charge in [0, 0.05) is 18.4 Å². The first-order valence-corrected chi connectivity index (χ1v) is 8.43. The molecule has 2 aliphatic rings. The van der Waals surface area contributed by atoms with E-state index in [1.807, 2.05) is 30.4 Å². The van der Waals surface area contributed by atoms with Gasteiger partial charge in [0.25, 0.3) is 0 Å². The van der Waals surface area contributed by atoms with Crippen LogP contribution < -0.4 is 19.9 Å². The molecule has 4 atom stereocenters. The summed E-state index contributed by atoms with van der Waals surface area (Å²) in [7, 11) is 3.15. The van der Waals surface area contributed by atoms with Crippen LogP contribution in [-0.2, 0) is 16.0 Å². The fraction of sp³-hybridized carbons (Fsp3) is 0.474. The molecule has 0 radical (unpaired) electrons. The Morgan fingerprint density at radius 1 is 1.12 bits per heavy atom. The van der Waals surface area contributed by atoms with E-state index in [1.165, 1.54) is 0 Å². The summed E-state index contributed by atoms with van der Waals surface area (Å²) >= 11 is 0. The smallest absolute Gasteiger partial charge is 0.224 e. The van der Waals surface area contributed by atoms with Gasteiger partial charge in [-0.2, -0.15) is 0 Å². The van der Waals surface area contributed by atoms with Gasteiger partial charge in [-0.15, -0.1) is 0 Å². The summed E-state index contributed by atoms with van der Waals surface area (Å²) in [5, 5.41) is 14.3. The Kier molecular flexibility index (Phi) is 4.97. The standard InChI is InChI=1S/C19H23NO5/c1-24-14-6-3-11(9-15(14)25-2)7-8-20-18(21)16-12-4-5-13(10-12)17(16)19(22)23/h3-6,9,12-13,16-17H,7-8,10H2,1-2H3,(H,20,21)(H,22,23)/p-1. The Labute approximate surface area is 146 Å². The van der Waals surface area contributed by atoms with Gasteiger partial charge in [0.1, 0.15) is 0 Å². The number of carbonyl (C=O) groups excluding carboxylic acids is 2. The molecule has 2 aliphatic carbocycles. The van der Waals surface area contributed by atoms with Gasteiger partial charge in [-0.3, -0.25) is 4.79 Å². The van der Waals surface area contributed by atoms with Crippen molar-refractivity contribution in [3.05, 3.63) is 35.9 Å². The van der Waals surface area contributed by atoms with Gasteiger partial charge in [0.2, 0.25) is 5.91 Å². The largest absolute Gasteiger partial charge is 0.550 e. The molecule has 0 spiro atoms. The van der Waals surface area contributed by atoms with Gasteiger partial charge in [0.05, 0.1) is 20.1 Å². The second-order valence-corrected chi connectivity index (χ2v) is 6.55. The van der Waals surface area contributed by atoms with E-state index in [1.54, 1.807) is 14.2 Å². The number of hydrogen-bond donors (Lipinski definition) is 1. The van der Waals surface area contributed by atoms with Gasteiger partial charge in [-0.25, -0.2) is 0 Å². The van der Waals surface area contributed by atoms with Crippen molar-refractivity contribution in [2.75, 3.05) is 20.8 Å². The number of methoxy groups -OCH3 is 2. The second-order valence-electron chi connectivity index (χ2n) is 6.55. The normalized spacial score (nSPS) is 26.5. The van der Waals surface area contributed by atoms with Crippen molar-refractivity contribution >= 4 is 11.9 Å². The zero-order valence-corrected chi connectivity index (χ0v) is 14.4. The Hall–Kier alpha value is -2.50. The topological polar surface area (TPSA) is 87.7 Å². The highest BCUT2D eigenvalue weighted by Gasteiger charge is 2.48. The van der Waals surface area contributed by atoms with E-state index in [4.69, 9.17) is 9.47 Å². The Morgan fingerprint density at radius 2 is 1.80 bits per heavy atom. The number of ether oxygens (including phenoxy) is 2. The van der Waals surface area contributed by atoms with Crippen molar-refractivity contribution in [2.24, 2.45) is 23.7 Å². The number of nitrogens with one attached hydrogen (secondary N) is 1. The molecule has 1 saturated carbocycles. The minimum absolute atomic E-state index is 0.00832. The third-order valence-corrected chi connectivity index (χ3v) is 5.20. The fourth-order valence-corrected chi connectivity index (χ4v) is 3.99. The van der Waals surface area contributed by atoms with Crippen LogP contribution >= 0.6 is 0 Å². The minimum atomic E-state index is -1.13. The summed E-state index contributed by atoms with van der Waals surface area (Å²) in [5.74, 6) is -1.34. The second kappa shape index (κ2) is 7.17. The maximum Gasteiger partial charge on any atom is 0.224 e. The molecule has 0 aromatic heterocycles. The summed E-state index contributed by atoms with van der Waals surface area (Å²) < 4.78 is 10.5. The number of carbonyl (C=O) groups is 2. The van der Waals surface area contributed by atoms with Crippen LogP contribution in [0.25, 0.3) is 0 Å². The molecule has 1 fully saturated rings. The zero-order chi connectivity index (χ0) is 18.0. The number of carboxylic acid groups (broad SMARTS) is 1. The number of aliphatic carboxylic acids is 1. The van der Waals surface area contributed by atoms with Crippen LogP contribution in [0.2, 0.25) is 0 Å². The summed E-state index contributed by atoms with van der Waals surface area (Å²) in [6, 6.07) is 5.61. The molecule has 0 saturated heterocycles. The Bertz CT molecular complexity index is 699. The van der Waals surface area contributed by atoms with Crippen LogP contribution in [-0.4, -0.2) is 32.6 Å². The highest BCUT2D eigenvalue weighted by Crippen LogP contribution is 2.47. The van der Waals surface area contributed by atoms with Gasteiger partial charge >= 0.3 is 0 Å². The van der Waals surface area contributed by atoms with Gasteiger partial charge < -0.3 is 24.7 Å².